The van der Waals surface area contributed by atoms with Crippen LogP contribution in [0.2, 0.25) is 0 Å². The van der Waals surface area contributed by atoms with Gasteiger partial charge in [0.1, 0.15) is 6.04 Å². The second-order valence-electron chi connectivity index (χ2n) is 9.75. The Kier molecular flexibility index (Phi) is 10.5. The van der Waals surface area contributed by atoms with Gasteiger partial charge in [0.05, 0.1) is 22.1 Å². The van der Waals surface area contributed by atoms with E-state index < -0.39 is 39.7 Å². The third-order valence-electron chi connectivity index (χ3n) is 6.39. The highest BCUT2D eigenvalue weighted by Gasteiger charge is 2.35. The number of aryl methyl sites for hydroxylation is 1. The molecule has 3 rings (SSSR count). The number of rotatable bonds is 13. The molecule has 0 unspecified atom stereocenters. The summed E-state index contributed by atoms with van der Waals surface area (Å²) >= 11 is 0. The molecule has 226 valence electrons. The number of nitrogens with one attached hydrogen (secondary N) is 3. The number of alkyl halides is 3. The normalized spacial score (nSPS) is 12.5. The van der Waals surface area contributed by atoms with Gasteiger partial charge in [0, 0.05) is 18.4 Å². The van der Waals surface area contributed by atoms with Gasteiger partial charge in [-0.1, -0.05) is 49.6 Å². The smallest absolute Gasteiger partial charge is 0.388 e. The first-order valence-electron chi connectivity index (χ1n) is 13.2. The Hall–Kier alpha value is -4.20. The fourth-order valence-electron chi connectivity index (χ4n) is 4.08. The highest BCUT2D eigenvalue weighted by atomic mass is 32.2. The van der Waals surface area contributed by atoms with Gasteiger partial charge >= 0.3 is 6.18 Å². The number of aromatic nitrogens is 2. The van der Waals surface area contributed by atoms with Crippen molar-refractivity contribution in [3.05, 3.63) is 65.9 Å². The van der Waals surface area contributed by atoms with E-state index in [0.29, 0.717) is 31.2 Å². The van der Waals surface area contributed by atoms with Crippen molar-refractivity contribution in [3.8, 4) is 16.9 Å². The maximum absolute atomic E-state index is 13.5. The third-order valence-corrected chi connectivity index (χ3v) is 7.75. The molecule has 3 aromatic rings. The fraction of sp³-hybridized carbons (Fsp3) is 0.357. The second kappa shape index (κ2) is 13.6. The molecule has 10 nitrogen and oxygen atoms in total. The minimum absolute atomic E-state index is 0.0420. The van der Waals surface area contributed by atoms with E-state index in [1.807, 2.05) is 11.6 Å². The zero-order valence-electron chi connectivity index (χ0n) is 23.2. The minimum Gasteiger partial charge on any atom is -0.388 e. The van der Waals surface area contributed by atoms with Gasteiger partial charge in [0.25, 0.3) is 15.9 Å². The van der Waals surface area contributed by atoms with Crippen molar-refractivity contribution >= 4 is 27.7 Å². The van der Waals surface area contributed by atoms with Crippen LogP contribution in [0.1, 0.15) is 56.7 Å². The summed E-state index contributed by atoms with van der Waals surface area (Å²) in [6, 6.07) is 11.5. The molecule has 0 aliphatic heterocycles. The Bertz CT molecular complexity index is 1520. The van der Waals surface area contributed by atoms with Crippen LogP contribution in [0, 0.1) is 12.3 Å². The molecule has 5 N–H and O–H groups in total. The van der Waals surface area contributed by atoms with Crippen molar-refractivity contribution in [1.82, 2.24) is 19.8 Å². The van der Waals surface area contributed by atoms with Crippen molar-refractivity contribution in [3.63, 3.8) is 0 Å². The summed E-state index contributed by atoms with van der Waals surface area (Å²) < 4.78 is 69.6. The van der Waals surface area contributed by atoms with Crippen LogP contribution in [0.5, 0.6) is 0 Å². The number of hydrogen-bond donors (Lipinski definition) is 4. The monoisotopic (exact) mass is 606 g/mol. The van der Waals surface area contributed by atoms with E-state index in [-0.39, 0.29) is 35.0 Å². The lowest BCUT2D eigenvalue weighted by molar-refractivity contribution is -0.141. The van der Waals surface area contributed by atoms with E-state index in [0.717, 1.165) is 28.4 Å². The maximum Gasteiger partial charge on any atom is 0.435 e. The van der Waals surface area contributed by atoms with Gasteiger partial charge in [-0.25, -0.2) is 17.8 Å². The van der Waals surface area contributed by atoms with Gasteiger partial charge in [0.2, 0.25) is 5.91 Å². The van der Waals surface area contributed by atoms with Crippen LogP contribution in [0.25, 0.3) is 16.9 Å². The lowest BCUT2D eigenvalue weighted by Gasteiger charge is -2.18. The first-order valence-corrected chi connectivity index (χ1v) is 14.7. The molecule has 0 radical (unpaired) electrons. The number of halogens is 3. The van der Waals surface area contributed by atoms with E-state index in [1.54, 1.807) is 31.2 Å². The van der Waals surface area contributed by atoms with Crippen LogP contribution in [0.3, 0.4) is 0 Å². The zero-order valence-corrected chi connectivity index (χ0v) is 24.0. The molecule has 2 aromatic carbocycles. The lowest BCUT2D eigenvalue weighted by Crippen LogP contribution is -2.48. The fourth-order valence-corrected chi connectivity index (χ4v) is 5.10. The molecule has 0 aliphatic carbocycles. The largest absolute Gasteiger partial charge is 0.435 e. The number of hydrogen-bond acceptors (Lipinski definition) is 6. The highest BCUT2D eigenvalue weighted by Crippen LogP contribution is 2.33. The molecular formula is C28H33F3N6O4S. The molecule has 2 amide bonds. The number of unbranched alkanes of at least 4 members (excludes halogenated alkanes) is 2. The van der Waals surface area contributed by atoms with Gasteiger partial charge in [-0.05, 0) is 50.1 Å². The van der Waals surface area contributed by atoms with Crippen LogP contribution < -0.4 is 15.8 Å². The molecule has 0 fully saturated rings. The zero-order chi connectivity index (χ0) is 31.1. The van der Waals surface area contributed by atoms with E-state index in [1.165, 1.54) is 12.1 Å². The minimum atomic E-state index is -4.70. The van der Waals surface area contributed by atoms with Crippen molar-refractivity contribution in [2.75, 3.05) is 0 Å². The Morgan fingerprint density at radius 2 is 1.69 bits per heavy atom. The Balaban J connectivity index is 1.82. The summed E-state index contributed by atoms with van der Waals surface area (Å²) in [7, 11) is -4.38. The number of nitrogens with zero attached hydrogens (tertiary/aromatic N) is 2. The summed E-state index contributed by atoms with van der Waals surface area (Å²) in [5.74, 6) is -1.31. The van der Waals surface area contributed by atoms with E-state index in [9.17, 15) is 31.2 Å². The van der Waals surface area contributed by atoms with Gasteiger partial charge in [-0.2, -0.15) is 18.3 Å². The van der Waals surface area contributed by atoms with Crippen molar-refractivity contribution in [2.24, 2.45) is 5.73 Å². The summed E-state index contributed by atoms with van der Waals surface area (Å²) in [6.07, 6.45) is -2.32. The molecule has 14 heteroatoms. The predicted molar refractivity (Wildman–Crippen MR) is 151 cm³/mol. The van der Waals surface area contributed by atoms with Crippen molar-refractivity contribution < 1.29 is 31.2 Å². The number of benzene rings is 2. The topological polar surface area (TPSA) is 160 Å². The maximum atomic E-state index is 13.5. The second-order valence-corrected chi connectivity index (χ2v) is 11.4. The molecule has 1 heterocycles. The summed E-state index contributed by atoms with van der Waals surface area (Å²) in [4.78, 5) is 24.5. The van der Waals surface area contributed by atoms with Crippen LogP contribution >= 0.6 is 0 Å². The van der Waals surface area contributed by atoms with E-state index in [4.69, 9.17) is 11.1 Å². The molecule has 0 saturated heterocycles. The predicted octanol–water partition coefficient (Wildman–Crippen LogP) is 4.45. The molecular weight excluding hydrogens is 573 g/mol. The SMILES string of the molecule is CCC(=O)N[C@@H](CCCCCC(=N)N)C(=O)NS(=O)(=O)c1ccc(-n2nc(C(F)(F)F)cc2-c2ccc(C)cc2)cc1. The van der Waals surface area contributed by atoms with Crippen molar-refractivity contribution in [2.45, 2.75) is 69.5 Å². The molecule has 1 atom stereocenters. The molecule has 0 bridgehead atoms. The first-order chi connectivity index (χ1) is 19.7. The average Bonchev–Trinajstić information content (AvgIpc) is 3.38. The van der Waals surface area contributed by atoms with Crippen LogP contribution in [0.4, 0.5) is 13.2 Å². The number of sulfonamides is 1. The van der Waals surface area contributed by atoms with E-state index >= 15 is 0 Å². The van der Waals surface area contributed by atoms with Gasteiger partial charge in [0.15, 0.2) is 5.69 Å². The van der Waals surface area contributed by atoms with Gasteiger partial charge < -0.3 is 11.1 Å². The molecule has 1 aromatic heterocycles. The number of amides is 2. The number of carbonyl (C=O) groups is 2. The number of nitrogens with two attached hydrogens (primary N) is 1. The lowest BCUT2D eigenvalue weighted by atomic mass is 10.1. The summed E-state index contributed by atoms with van der Waals surface area (Å²) in [5.41, 5.74) is 5.96. The third kappa shape index (κ3) is 8.65. The molecule has 0 spiro atoms. The van der Waals surface area contributed by atoms with Crippen molar-refractivity contribution in [1.29, 1.82) is 5.41 Å². The van der Waals surface area contributed by atoms with Crippen LogP contribution in [-0.2, 0) is 25.8 Å². The summed E-state index contributed by atoms with van der Waals surface area (Å²) in [6.45, 7) is 3.44. The molecule has 0 aliphatic rings. The van der Waals surface area contributed by atoms with Gasteiger partial charge in [-0.15, -0.1) is 0 Å². The highest BCUT2D eigenvalue weighted by molar-refractivity contribution is 7.90. The Morgan fingerprint density at radius 1 is 1.05 bits per heavy atom. The number of amidine groups is 1. The standard InChI is InChI=1S/C28H33F3N6O4S/c1-3-26(38)34-22(7-5-4-6-8-25(32)33)27(39)36-42(40,41)21-15-13-20(14-16-21)37-23(17-24(35-37)28(29,30)31)19-11-9-18(2)10-12-19/h9-17,22H,3-8H2,1-2H3,(H3,32,33)(H,34,38)(H,36,39)/t22-/m0/s1. The van der Waals surface area contributed by atoms with Crippen LogP contribution in [-0.4, -0.2) is 41.9 Å². The van der Waals surface area contributed by atoms with E-state index in [2.05, 4.69) is 10.4 Å². The molecule has 0 saturated carbocycles. The summed E-state index contributed by atoms with van der Waals surface area (Å²) in [5, 5.41) is 13.5. The molecule has 42 heavy (non-hydrogen) atoms. The van der Waals surface area contributed by atoms with Crippen LogP contribution in [0.15, 0.2) is 59.5 Å². The average molecular weight is 607 g/mol. The Labute approximate surface area is 242 Å². The quantitative estimate of drug-likeness (QED) is 0.128. The Morgan fingerprint density at radius 3 is 2.26 bits per heavy atom. The first kappa shape index (κ1) is 32.3. The number of carbonyl (C=O) groups excluding carboxylic acids is 2. The van der Waals surface area contributed by atoms with Gasteiger partial charge in [-0.3, -0.25) is 15.0 Å².